The van der Waals surface area contributed by atoms with E-state index in [1.165, 1.54) is 10.4 Å². The number of carbonyl (C=O) groups excluding carboxylic acids is 1. The molecule has 170 valence electrons. The Hall–Kier alpha value is -2.67. The summed E-state index contributed by atoms with van der Waals surface area (Å²) in [4.78, 5) is 34.9. The van der Waals surface area contributed by atoms with Crippen molar-refractivity contribution in [2.75, 3.05) is 7.11 Å². The Morgan fingerprint density at radius 1 is 1.34 bits per heavy atom. The number of amides is 1. The average Bonchev–Trinajstić information content (AvgIpc) is 3.14. The van der Waals surface area contributed by atoms with Gasteiger partial charge in [0.1, 0.15) is 16.4 Å². The highest BCUT2D eigenvalue weighted by Crippen LogP contribution is 2.41. The first-order valence-electron chi connectivity index (χ1n) is 11.2. The summed E-state index contributed by atoms with van der Waals surface area (Å²) in [6, 6.07) is 7.61. The number of fused-ring (bicyclic) bond motifs is 3. The standard InChI is InChI=1S/C25H31N3O3S/c1-25(2,3)16-8-9-18-19(13-16)32-24-22(18)23(30)27-20(28-24)10-11-21(29)26-14-15-6-5-7-17(12-15)31-4/h5-7,12,16H,8-11,13-14H2,1-4H3,(H,26,29)(H,27,28,30)/t16-/m0/s1. The molecule has 7 heteroatoms. The molecule has 3 aromatic rings. The monoisotopic (exact) mass is 453 g/mol. The summed E-state index contributed by atoms with van der Waals surface area (Å²) in [7, 11) is 1.62. The molecule has 0 unspecified atom stereocenters. The maximum absolute atomic E-state index is 12.8. The van der Waals surface area contributed by atoms with E-state index in [9.17, 15) is 9.59 Å². The zero-order chi connectivity index (χ0) is 22.9. The molecule has 6 nitrogen and oxygen atoms in total. The number of ether oxygens (including phenoxy) is 1. The fourth-order valence-corrected chi connectivity index (χ4v) is 5.71. The van der Waals surface area contributed by atoms with Crippen LogP contribution in [0.15, 0.2) is 29.1 Å². The third-order valence-electron chi connectivity index (χ3n) is 6.41. The Labute approximate surface area is 192 Å². The van der Waals surface area contributed by atoms with Crippen molar-refractivity contribution in [3.63, 3.8) is 0 Å². The number of H-pyrrole nitrogens is 1. The van der Waals surface area contributed by atoms with Gasteiger partial charge in [0.25, 0.3) is 5.56 Å². The predicted octanol–water partition coefficient (Wildman–Crippen LogP) is 4.39. The average molecular weight is 454 g/mol. The van der Waals surface area contributed by atoms with Crippen molar-refractivity contribution in [3.8, 4) is 5.75 Å². The number of aromatic amines is 1. The van der Waals surface area contributed by atoms with Crippen LogP contribution in [0.2, 0.25) is 0 Å². The lowest BCUT2D eigenvalue weighted by molar-refractivity contribution is -0.121. The fourth-order valence-electron chi connectivity index (χ4n) is 4.39. The normalized spacial score (nSPS) is 16.1. The number of nitrogens with zero attached hydrogens (tertiary/aromatic N) is 1. The highest BCUT2D eigenvalue weighted by Gasteiger charge is 2.31. The van der Waals surface area contributed by atoms with E-state index >= 15 is 0 Å². The maximum atomic E-state index is 12.8. The van der Waals surface area contributed by atoms with Crippen LogP contribution in [-0.4, -0.2) is 23.0 Å². The van der Waals surface area contributed by atoms with Crippen LogP contribution in [0.4, 0.5) is 0 Å². The number of nitrogens with one attached hydrogen (secondary N) is 2. The molecular weight excluding hydrogens is 422 g/mol. The number of methoxy groups -OCH3 is 1. The summed E-state index contributed by atoms with van der Waals surface area (Å²) < 4.78 is 5.21. The van der Waals surface area contributed by atoms with Crippen molar-refractivity contribution < 1.29 is 9.53 Å². The van der Waals surface area contributed by atoms with Gasteiger partial charge in [0.2, 0.25) is 5.91 Å². The van der Waals surface area contributed by atoms with Gasteiger partial charge in [-0.3, -0.25) is 9.59 Å². The van der Waals surface area contributed by atoms with E-state index in [1.54, 1.807) is 18.4 Å². The van der Waals surface area contributed by atoms with E-state index in [1.807, 2.05) is 24.3 Å². The van der Waals surface area contributed by atoms with Gasteiger partial charge in [0.15, 0.2) is 0 Å². The van der Waals surface area contributed by atoms with Gasteiger partial charge in [-0.25, -0.2) is 4.98 Å². The van der Waals surface area contributed by atoms with Crippen molar-refractivity contribution in [1.82, 2.24) is 15.3 Å². The fraction of sp³-hybridized carbons (Fsp3) is 0.480. The van der Waals surface area contributed by atoms with E-state index in [0.717, 1.165) is 40.8 Å². The molecule has 0 radical (unpaired) electrons. The SMILES string of the molecule is COc1cccc(CNC(=O)CCc2nc3sc4c(c3c(=O)[nH]2)CC[C@H](C(C)(C)C)C4)c1. The van der Waals surface area contributed by atoms with E-state index in [0.29, 0.717) is 24.7 Å². The molecule has 0 saturated heterocycles. The largest absolute Gasteiger partial charge is 0.497 e. The van der Waals surface area contributed by atoms with E-state index < -0.39 is 0 Å². The van der Waals surface area contributed by atoms with Crippen molar-refractivity contribution in [2.24, 2.45) is 11.3 Å². The molecule has 2 N–H and O–H groups in total. The van der Waals surface area contributed by atoms with Gasteiger partial charge in [-0.1, -0.05) is 32.9 Å². The number of benzene rings is 1. The van der Waals surface area contributed by atoms with Crippen LogP contribution >= 0.6 is 11.3 Å². The molecule has 2 aromatic heterocycles. The summed E-state index contributed by atoms with van der Waals surface area (Å²) in [5, 5.41) is 3.67. The number of rotatable bonds is 6. The molecule has 0 fully saturated rings. The van der Waals surface area contributed by atoms with Crippen LogP contribution in [-0.2, 0) is 30.6 Å². The van der Waals surface area contributed by atoms with Crippen LogP contribution in [0, 0.1) is 11.3 Å². The molecule has 0 saturated carbocycles. The minimum absolute atomic E-state index is 0.0749. The molecule has 1 aromatic carbocycles. The van der Waals surface area contributed by atoms with Crippen molar-refractivity contribution in [2.45, 2.75) is 59.4 Å². The van der Waals surface area contributed by atoms with Gasteiger partial charge in [-0.15, -0.1) is 11.3 Å². The lowest BCUT2D eigenvalue weighted by Gasteiger charge is -2.33. The van der Waals surface area contributed by atoms with E-state index in [4.69, 9.17) is 9.72 Å². The number of hydrogen-bond acceptors (Lipinski definition) is 5. The lowest BCUT2D eigenvalue weighted by Crippen LogP contribution is -2.26. The predicted molar refractivity (Wildman–Crippen MR) is 128 cm³/mol. The molecule has 32 heavy (non-hydrogen) atoms. The first-order valence-corrected chi connectivity index (χ1v) is 12.0. The Kier molecular flexibility index (Phi) is 6.38. The second kappa shape index (κ2) is 9.06. The highest BCUT2D eigenvalue weighted by molar-refractivity contribution is 7.18. The molecule has 0 bridgehead atoms. The molecule has 0 aliphatic heterocycles. The van der Waals surface area contributed by atoms with Gasteiger partial charge in [0, 0.05) is 24.3 Å². The summed E-state index contributed by atoms with van der Waals surface area (Å²) >= 11 is 1.65. The Morgan fingerprint density at radius 3 is 2.91 bits per heavy atom. The second-order valence-electron chi connectivity index (χ2n) is 9.63. The van der Waals surface area contributed by atoms with Crippen LogP contribution in [0.3, 0.4) is 0 Å². The van der Waals surface area contributed by atoms with Gasteiger partial charge < -0.3 is 15.0 Å². The summed E-state index contributed by atoms with van der Waals surface area (Å²) in [6.07, 6.45) is 3.74. The second-order valence-corrected chi connectivity index (χ2v) is 10.7. The Balaban J connectivity index is 1.42. The minimum atomic E-state index is -0.0755. The van der Waals surface area contributed by atoms with Gasteiger partial charge in [0.05, 0.1) is 12.5 Å². The molecule has 4 rings (SSSR count). The van der Waals surface area contributed by atoms with Crippen molar-refractivity contribution >= 4 is 27.5 Å². The molecule has 1 amide bonds. The Bertz CT molecular complexity index is 1190. The molecule has 1 aliphatic rings. The first kappa shape index (κ1) is 22.5. The van der Waals surface area contributed by atoms with Gasteiger partial charge >= 0.3 is 0 Å². The zero-order valence-electron chi connectivity index (χ0n) is 19.2. The summed E-state index contributed by atoms with van der Waals surface area (Å²) in [5.74, 6) is 1.88. The van der Waals surface area contributed by atoms with Crippen molar-refractivity contribution in [1.29, 1.82) is 0 Å². The van der Waals surface area contributed by atoms with Crippen LogP contribution in [0.5, 0.6) is 5.75 Å². The van der Waals surface area contributed by atoms with E-state index in [-0.39, 0.29) is 23.3 Å². The molecule has 0 spiro atoms. The van der Waals surface area contributed by atoms with Gasteiger partial charge in [-0.2, -0.15) is 0 Å². The maximum Gasteiger partial charge on any atom is 0.259 e. The smallest absolute Gasteiger partial charge is 0.259 e. The number of thiophene rings is 1. The quantitative estimate of drug-likeness (QED) is 0.580. The summed E-state index contributed by atoms with van der Waals surface area (Å²) in [5.41, 5.74) is 2.34. The van der Waals surface area contributed by atoms with E-state index in [2.05, 4.69) is 31.1 Å². The number of aryl methyl sites for hydroxylation is 2. The first-order chi connectivity index (χ1) is 15.2. The topological polar surface area (TPSA) is 84.1 Å². The third-order valence-corrected chi connectivity index (χ3v) is 7.55. The zero-order valence-corrected chi connectivity index (χ0v) is 20.0. The molecule has 2 heterocycles. The lowest BCUT2D eigenvalue weighted by atomic mass is 9.72. The van der Waals surface area contributed by atoms with Crippen LogP contribution in [0.25, 0.3) is 10.2 Å². The van der Waals surface area contributed by atoms with Crippen LogP contribution in [0.1, 0.15) is 55.4 Å². The van der Waals surface area contributed by atoms with Gasteiger partial charge in [-0.05, 0) is 53.9 Å². The number of aromatic nitrogens is 2. The minimum Gasteiger partial charge on any atom is -0.497 e. The highest BCUT2D eigenvalue weighted by atomic mass is 32.1. The van der Waals surface area contributed by atoms with Crippen LogP contribution < -0.4 is 15.6 Å². The van der Waals surface area contributed by atoms with Crippen molar-refractivity contribution in [3.05, 3.63) is 56.4 Å². The number of hydrogen-bond donors (Lipinski definition) is 2. The Morgan fingerprint density at radius 2 is 2.16 bits per heavy atom. The summed E-state index contributed by atoms with van der Waals surface area (Å²) in [6.45, 7) is 7.31. The molecule has 1 atom stereocenters. The molecule has 1 aliphatic carbocycles. The third kappa shape index (κ3) is 4.88. The number of carbonyl (C=O) groups is 1. The molecular formula is C25H31N3O3S.